The molecule has 0 radical (unpaired) electrons. The minimum absolute atomic E-state index is 0.257. The summed E-state index contributed by atoms with van der Waals surface area (Å²) in [6.45, 7) is 4.37. The molecule has 0 saturated carbocycles. The molecule has 1 saturated heterocycles. The minimum Gasteiger partial charge on any atom is -0.434 e. The molecule has 0 amide bonds. The number of halogens is 2. The van der Waals surface area contributed by atoms with E-state index in [0.29, 0.717) is 12.5 Å². The highest BCUT2D eigenvalue weighted by Gasteiger charge is 2.14. The van der Waals surface area contributed by atoms with E-state index in [1.165, 1.54) is 25.9 Å². The van der Waals surface area contributed by atoms with Gasteiger partial charge in [0.1, 0.15) is 5.75 Å². The van der Waals surface area contributed by atoms with E-state index in [1.54, 1.807) is 12.1 Å². The molecule has 0 spiro atoms. The lowest BCUT2D eigenvalue weighted by atomic mass is 10.1. The van der Waals surface area contributed by atoms with Gasteiger partial charge in [0.05, 0.1) is 0 Å². The van der Waals surface area contributed by atoms with Crippen molar-refractivity contribution in [2.45, 2.75) is 32.9 Å². The highest BCUT2D eigenvalue weighted by Crippen LogP contribution is 2.20. The molecule has 1 N–H and O–H groups in total. The second kappa shape index (κ2) is 8.29. The number of nitrogens with zero attached hydrogens (tertiary/aromatic N) is 1. The van der Waals surface area contributed by atoms with Crippen LogP contribution in [-0.4, -0.2) is 37.7 Å². The van der Waals surface area contributed by atoms with Crippen molar-refractivity contribution in [3.05, 3.63) is 29.8 Å². The first-order chi connectivity index (χ1) is 10.1. The van der Waals surface area contributed by atoms with Gasteiger partial charge in [0, 0.05) is 18.7 Å². The van der Waals surface area contributed by atoms with Crippen molar-refractivity contribution in [2.75, 3.05) is 26.2 Å². The summed E-state index contributed by atoms with van der Waals surface area (Å²) in [5.74, 6) is 0.804. The topological polar surface area (TPSA) is 24.5 Å². The van der Waals surface area contributed by atoms with Gasteiger partial charge in [0.15, 0.2) is 0 Å². The summed E-state index contributed by atoms with van der Waals surface area (Å²) in [7, 11) is 0. The quantitative estimate of drug-likeness (QED) is 0.798. The van der Waals surface area contributed by atoms with Crippen molar-refractivity contribution in [3.8, 4) is 5.75 Å². The summed E-state index contributed by atoms with van der Waals surface area (Å²) in [5.41, 5.74) is 0.770. The lowest BCUT2D eigenvalue weighted by molar-refractivity contribution is -0.0505. The number of likely N-dealkylation sites (tertiary alicyclic amines) is 1. The van der Waals surface area contributed by atoms with Crippen LogP contribution in [0.3, 0.4) is 0 Å². The second-order valence-electron chi connectivity index (χ2n) is 5.73. The zero-order valence-corrected chi connectivity index (χ0v) is 12.5. The number of rotatable bonds is 8. The average Bonchev–Trinajstić information content (AvgIpc) is 2.93. The van der Waals surface area contributed by atoms with Gasteiger partial charge in [-0.25, -0.2) is 0 Å². The Hall–Kier alpha value is -1.20. The zero-order chi connectivity index (χ0) is 15.1. The molecule has 3 nitrogen and oxygen atoms in total. The Morgan fingerprint density at radius 3 is 2.67 bits per heavy atom. The van der Waals surface area contributed by atoms with Crippen LogP contribution in [0.5, 0.6) is 5.75 Å². The standard InChI is InChI=1S/C16H24F2N2O/c1-13(12-20-8-4-5-9-20)10-19-11-14-6-2-3-7-15(14)21-16(17)18/h2-3,6-7,13,16,19H,4-5,8-12H2,1H3. The molecule has 0 aliphatic carbocycles. The first kappa shape index (κ1) is 16.2. The Bertz CT molecular complexity index is 422. The van der Waals surface area contributed by atoms with Crippen LogP contribution in [0.1, 0.15) is 25.3 Å². The Labute approximate surface area is 125 Å². The van der Waals surface area contributed by atoms with Gasteiger partial charge in [-0.05, 0) is 44.5 Å². The normalized spacial score (nSPS) is 17.3. The number of ether oxygens (including phenoxy) is 1. The molecule has 0 aromatic heterocycles. The number of hydrogen-bond donors (Lipinski definition) is 1. The van der Waals surface area contributed by atoms with Crippen molar-refractivity contribution in [1.29, 1.82) is 0 Å². The summed E-state index contributed by atoms with van der Waals surface area (Å²) < 4.78 is 29.2. The Morgan fingerprint density at radius 1 is 1.24 bits per heavy atom. The molecule has 1 aromatic rings. The molecule has 2 rings (SSSR count). The third-order valence-electron chi connectivity index (χ3n) is 3.77. The number of hydrogen-bond acceptors (Lipinski definition) is 3. The second-order valence-corrected chi connectivity index (χ2v) is 5.73. The van der Waals surface area contributed by atoms with E-state index in [9.17, 15) is 8.78 Å². The van der Waals surface area contributed by atoms with Crippen LogP contribution < -0.4 is 10.1 Å². The van der Waals surface area contributed by atoms with Crippen molar-refractivity contribution < 1.29 is 13.5 Å². The first-order valence-corrected chi connectivity index (χ1v) is 7.61. The molecule has 1 aromatic carbocycles. The maximum absolute atomic E-state index is 12.3. The van der Waals surface area contributed by atoms with Crippen LogP contribution in [0.4, 0.5) is 8.78 Å². The van der Waals surface area contributed by atoms with Gasteiger partial charge in [-0.2, -0.15) is 8.78 Å². The molecule has 1 atom stereocenters. The predicted molar refractivity (Wildman–Crippen MR) is 79.6 cm³/mol. The first-order valence-electron chi connectivity index (χ1n) is 7.61. The molecule has 1 heterocycles. The van der Waals surface area contributed by atoms with Gasteiger partial charge in [-0.3, -0.25) is 0 Å². The molecule has 1 unspecified atom stereocenters. The smallest absolute Gasteiger partial charge is 0.387 e. The summed E-state index contributed by atoms with van der Waals surface area (Å²) in [4.78, 5) is 2.49. The Morgan fingerprint density at radius 2 is 1.95 bits per heavy atom. The van der Waals surface area contributed by atoms with Gasteiger partial charge in [0.2, 0.25) is 0 Å². The summed E-state index contributed by atoms with van der Waals surface area (Å²) in [5, 5.41) is 3.34. The third-order valence-corrected chi connectivity index (χ3v) is 3.77. The third kappa shape index (κ3) is 5.59. The van der Waals surface area contributed by atoms with Gasteiger partial charge >= 0.3 is 6.61 Å². The summed E-state index contributed by atoms with van der Waals surface area (Å²) in [6, 6.07) is 6.94. The lowest BCUT2D eigenvalue weighted by Gasteiger charge is -2.20. The predicted octanol–water partition coefficient (Wildman–Crippen LogP) is 3.11. The molecule has 21 heavy (non-hydrogen) atoms. The molecule has 1 fully saturated rings. The Kier molecular flexibility index (Phi) is 6.39. The highest BCUT2D eigenvalue weighted by molar-refractivity contribution is 5.33. The molecule has 5 heteroatoms. The van der Waals surface area contributed by atoms with E-state index in [-0.39, 0.29) is 5.75 Å². The number of para-hydroxylation sites is 1. The number of benzene rings is 1. The fraction of sp³-hybridized carbons (Fsp3) is 0.625. The van der Waals surface area contributed by atoms with E-state index in [1.807, 2.05) is 12.1 Å². The average molecular weight is 298 g/mol. The van der Waals surface area contributed by atoms with E-state index >= 15 is 0 Å². The fourth-order valence-corrected chi connectivity index (χ4v) is 2.78. The van der Waals surface area contributed by atoms with E-state index < -0.39 is 6.61 Å². The van der Waals surface area contributed by atoms with Crippen LogP contribution in [-0.2, 0) is 6.54 Å². The van der Waals surface area contributed by atoms with Gasteiger partial charge < -0.3 is 15.0 Å². The van der Waals surface area contributed by atoms with E-state index in [0.717, 1.165) is 18.7 Å². The van der Waals surface area contributed by atoms with Gasteiger partial charge in [-0.1, -0.05) is 25.1 Å². The Balaban J connectivity index is 1.74. The fourth-order valence-electron chi connectivity index (χ4n) is 2.78. The van der Waals surface area contributed by atoms with Crippen molar-refractivity contribution >= 4 is 0 Å². The van der Waals surface area contributed by atoms with E-state index in [4.69, 9.17) is 0 Å². The number of alkyl halides is 2. The summed E-state index contributed by atoms with van der Waals surface area (Å²) in [6.07, 6.45) is 2.61. The van der Waals surface area contributed by atoms with Crippen molar-refractivity contribution in [3.63, 3.8) is 0 Å². The van der Waals surface area contributed by atoms with Crippen molar-refractivity contribution in [2.24, 2.45) is 5.92 Å². The van der Waals surface area contributed by atoms with Gasteiger partial charge in [0.25, 0.3) is 0 Å². The zero-order valence-electron chi connectivity index (χ0n) is 12.5. The largest absolute Gasteiger partial charge is 0.434 e. The maximum Gasteiger partial charge on any atom is 0.387 e. The lowest BCUT2D eigenvalue weighted by Crippen LogP contribution is -2.31. The molecule has 0 bridgehead atoms. The highest BCUT2D eigenvalue weighted by atomic mass is 19.3. The maximum atomic E-state index is 12.3. The molecular weight excluding hydrogens is 274 g/mol. The molecular formula is C16H24F2N2O. The van der Waals surface area contributed by atoms with E-state index in [2.05, 4.69) is 21.9 Å². The van der Waals surface area contributed by atoms with Crippen LogP contribution >= 0.6 is 0 Å². The van der Waals surface area contributed by atoms with Crippen LogP contribution in [0, 0.1) is 5.92 Å². The van der Waals surface area contributed by atoms with Crippen molar-refractivity contribution in [1.82, 2.24) is 10.2 Å². The molecule has 118 valence electrons. The minimum atomic E-state index is -2.78. The summed E-state index contributed by atoms with van der Waals surface area (Å²) >= 11 is 0. The van der Waals surface area contributed by atoms with Crippen LogP contribution in [0.2, 0.25) is 0 Å². The monoisotopic (exact) mass is 298 g/mol. The van der Waals surface area contributed by atoms with Gasteiger partial charge in [-0.15, -0.1) is 0 Å². The van der Waals surface area contributed by atoms with Crippen LogP contribution in [0.25, 0.3) is 0 Å². The molecule has 1 aliphatic rings. The SMILES string of the molecule is CC(CNCc1ccccc1OC(F)F)CN1CCCC1. The van der Waals surface area contributed by atoms with Crippen LogP contribution in [0.15, 0.2) is 24.3 Å². The number of nitrogens with one attached hydrogen (secondary N) is 1. The molecule has 1 aliphatic heterocycles.